The van der Waals surface area contributed by atoms with Crippen LogP contribution >= 0.6 is 34.5 Å². The Kier molecular flexibility index (Phi) is 5.85. The van der Waals surface area contributed by atoms with Crippen molar-refractivity contribution < 1.29 is 14.3 Å². The quantitative estimate of drug-likeness (QED) is 0.404. The number of hydrogen-bond acceptors (Lipinski definition) is 5. The van der Waals surface area contributed by atoms with E-state index in [9.17, 15) is 9.59 Å². The van der Waals surface area contributed by atoms with Crippen molar-refractivity contribution in [1.29, 1.82) is 0 Å². The zero-order valence-corrected chi connectivity index (χ0v) is 16.7. The summed E-state index contributed by atoms with van der Waals surface area (Å²) in [6.45, 7) is 0. The maximum atomic E-state index is 12.6. The largest absolute Gasteiger partial charge is 0.497 e. The van der Waals surface area contributed by atoms with Crippen molar-refractivity contribution >= 4 is 56.5 Å². The summed E-state index contributed by atoms with van der Waals surface area (Å²) in [6, 6.07) is 9.95. The molecule has 0 atom stereocenters. The maximum absolute atomic E-state index is 12.6. The molecule has 3 rings (SSSR count). The molecule has 4 nitrogen and oxygen atoms in total. The Balaban J connectivity index is 2.03. The SMILES string of the molecule is COc1cc(OC)c2cc(C(=O)/C=C\c3ccc(Cl)cc3Cl)c(=O)sc2c1. The van der Waals surface area contributed by atoms with Crippen LogP contribution in [0.25, 0.3) is 16.2 Å². The summed E-state index contributed by atoms with van der Waals surface area (Å²) in [5, 5.41) is 1.59. The smallest absolute Gasteiger partial charge is 0.244 e. The Morgan fingerprint density at radius 2 is 1.85 bits per heavy atom. The Labute approximate surface area is 169 Å². The number of fused-ring (bicyclic) bond motifs is 1. The second-order valence-corrected chi connectivity index (χ2v) is 7.41. The lowest BCUT2D eigenvalue weighted by atomic mass is 10.1. The molecule has 2 aromatic carbocycles. The van der Waals surface area contributed by atoms with Gasteiger partial charge in [-0.15, -0.1) is 0 Å². The molecular formula is C20H14Cl2O4S. The molecule has 1 aromatic heterocycles. The zero-order chi connectivity index (χ0) is 19.6. The third-order valence-electron chi connectivity index (χ3n) is 3.89. The van der Waals surface area contributed by atoms with E-state index in [0.29, 0.717) is 37.2 Å². The Bertz CT molecular complexity index is 1120. The lowest BCUT2D eigenvalue weighted by Gasteiger charge is -2.08. The highest BCUT2D eigenvalue weighted by Crippen LogP contribution is 2.33. The van der Waals surface area contributed by atoms with Crippen molar-refractivity contribution in [2.45, 2.75) is 0 Å². The van der Waals surface area contributed by atoms with E-state index >= 15 is 0 Å². The van der Waals surface area contributed by atoms with Gasteiger partial charge in [-0.3, -0.25) is 9.59 Å². The molecule has 1 heterocycles. The van der Waals surface area contributed by atoms with Crippen molar-refractivity contribution in [3.05, 3.63) is 73.2 Å². The number of rotatable bonds is 5. The first-order valence-corrected chi connectivity index (χ1v) is 9.37. The van der Waals surface area contributed by atoms with Gasteiger partial charge in [-0.25, -0.2) is 0 Å². The maximum Gasteiger partial charge on any atom is 0.244 e. The van der Waals surface area contributed by atoms with E-state index < -0.39 is 5.78 Å². The van der Waals surface area contributed by atoms with Gasteiger partial charge in [-0.05, 0) is 42.0 Å². The Morgan fingerprint density at radius 1 is 1.07 bits per heavy atom. The lowest BCUT2D eigenvalue weighted by molar-refractivity contribution is 0.104. The van der Waals surface area contributed by atoms with Gasteiger partial charge in [0.05, 0.1) is 19.8 Å². The summed E-state index contributed by atoms with van der Waals surface area (Å²) in [7, 11) is 3.06. The summed E-state index contributed by atoms with van der Waals surface area (Å²) >= 11 is 12.9. The summed E-state index contributed by atoms with van der Waals surface area (Å²) in [4.78, 5) is 25.0. The van der Waals surface area contributed by atoms with Gasteiger partial charge in [0.2, 0.25) is 4.74 Å². The van der Waals surface area contributed by atoms with Gasteiger partial charge in [0.1, 0.15) is 11.5 Å². The Morgan fingerprint density at radius 3 is 2.52 bits per heavy atom. The molecule has 27 heavy (non-hydrogen) atoms. The summed E-state index contributed by atoms with van der Waals surface area (Å²) < 4.78 is 10.9. The standard InChI is InChI=1S/C20H14Cl2O4S/c1-25-13-8-18(26-2)15-10-14(20(24)27-19(15)9-13)17(23)6-4-11-3-5-12(21)7-16(11)22/h3-10H,1-2H3/b6-4-. The second-order valence-electron chi connectivity index (χ2n) is 5.55. The number of benzene rings is 2. The average Bonchev–Trinajstić information content (AvgIpc) is 2.65. The summed E-state index contributed by atoms with van der Waals surface area (Å²) in [5.41, 5.74) is 0.700. The molecule has 0 N–H and O–H groups in total. The van der Waals surface area contributed by atoms with Crippen LogP contribution in [0, 0.1) is 0 Å². The molecule has 0 spiro atoms. The van der Waals surface area contributed by atoms with Crippen LogP contribution in [0.3, 0.4) is 0 Å². The minimum absolute atomic E-state index is 0.0669. The van der Waals surface area contributed by atoms with E-state index in [1.165, 1.54) is 20.3 Å². The van der Waals surface area contributed by atoms with E-state index in [4.69, 9.17) is 32.7 Å². The molecule has 0 saturated heterocycles. The third-order valence-corrected chi connectivity index (χ3v) is 5.41. The van der Waals surface area contributed by atoms with E-state index in [2.05, 4.69) is 0 Å². The van der Waals surface area contributed by atoms with Crippen molar-refractivity contribution in [1.82, 2.24) is 0 Å². The molecule has 7 heteroatoms. The first kappa shape index (κ1) is 19.4. The highest BCUT2D eigenvalue weighted by molar-refractivity contribution is 7.16. The molecular weight excluding hydrogens is 407 g/mol. The van der Waals surface area contributed by atoms with Gasteiger partial charge in [0, 0.05) is 26.2 Å². The highest BCUT2D eigenvalue weighted by Gasteiger charge is 2.14. The van der Waals surface area contributed by atoms with Gasteiger partial charge in [-0.1, -0.05) is 40.6 Å². The van der Waals surface area contributed by atoms with Gasteiger partial charge in [-0.2, -0.15) is 0 Å². The minimum Gasteiger partial charge on any atom is -0.497 e. The van der Waals surface area contributed by atoms with Gasteiger partial charge < -0.3 is 9.47 Å². The van der Waals surface area contributed by atoms with Crippen molar-refractivity contribution in [2.24, 2.45) is 0 Å². The predicted molar refractivity (Wildman–Crippen MR) is 111 cm³/mol. The van der Waals surface area contributed by atoms with Crippen LogP contribution in [-0.4, -0.2) is 20.0 Å². The molecule has 138 valence electrons. The van der Waals surface area contributed by atoms with Crippen LogP contribution in [0.1, 0.15) is 15.9 Å². The fourth-order valence-electron chi connectivity index (χ4n) is 2.51. The molecule has 3 aromatic rings. The Hall–Kier alpha value is -2.34. The molecule has 0 bridgehead atoms. The van der Waals surface area contributed by atoms with Crippen molar-refractivity contribution in [3.8, 4) is 11.5 Å². The predicted octanol–water partition coefficient (Wildman–Crippen LogP) is 5.48. The second kappa shape index (κ2) is 8.13. The molecule has 0 saturated carbocycles. The third kappa shape index (κ3) is 4.16. The van der Waals surface area contributed by atoms with Crippen LogP contribution in [0.4, 0.5) is 0 Å². The topological polar surface area (TPSA) is 52.6 Å². The lowest BCUT2D eigenvalue weighted by Crippen LogP contribution is -2.09. The number of carbonyl (C=O) groups is 1. The number of halogens is 2. The van der Waals surface area contributed by atoms with E-state index in [-0.39, 0.29) is 10.3 Å². The summed E-state index contributed by atoms with van der Waals surface area (Å²) in [6.07, 6.45) is 2.88. The average molecular weight is 421 g/mol. The van der Waals surface area contributed by atoms with Crippen LogP contribution < -0.4 is 14.2 Å². The number of ketones is 1. The number of hydrogen-bond donors (Lipinski definition) is 0. The molecule has 0 amide bonds. The first-order chi connectivity index (χ1) is 12.9. The zero-order valence-electron chi connectivity index (χ0n) is 14.4. The van der Waals surface area contributed by atoms with Crippen LogP contribution in [0.15, 0.2) is 47.3 Å². The fraction of sp³-hybridized carbons (Fsp3) is 0.100. The first-order valence-electron chi connectivity index (χ1n) is 7.80. The molecule has 0 unspecified atom stereocenters. The van der Waals surface area contributed by atoms with Gasteiger partial charge >= 0.3 is 0 Å². The fourth-order valence-corrected chi connectivity index (χ4v) is 3.90. The van der Waals surface area contributed by atoms with Crippen molar-refractivity contribution in [3.63, 3.8) is 0 Å². The molecule has 0 aliphatic carbocycles. The van der Waals surface area contributed by atoms with E-state index in [1.54, 1.807) is 42.5 Å². The van der Waals surface area contributed by atoms with Crippen LogP contribution in [0.5, 0.6) is 11.5 Å². The number of methoxy groups -OCH3 is 2. The number of carbonyl (C=O) groups excluding carboxylic acids is 1. The minimum atomic E-state index is -0.415. The number of allylic oxidation sites excluding steroid dienone is 1. The molecule has 0 radical (unpaired) electrons. The van der Waals surface area contributed by atoms with Crippen molar-refractivity contribution in [2.75, 3.05) is 14.2 Å². The van der Waals surface area contributed by atoms with E-state index in [0.717, 1.165) is 11.3 Å². The summed E-state index contributed by atoms with van der Waals surface area (Å²) in [5.74, 6) is 0.688. The highest BCUT2D eigenvalue weighted by atomic mass is 35.5. The molecule has 0 fully saturated rings. The normalized spacial score (nSPS) is 11.1. The van der Waals surface area contributed by atoms with E-state index in [1.807, 2.05) is 0 Å². The molecule has 0 aliphatic heterocycles. The van der Waals surface area contributed by atoms with Gasteiger partial charge in [0.25, 0.3) is 0 Å². The number of ether oxygens (including phenoxy) is 2. The monoisotopic (exact) mass is 420 g/mol. The van der Waals surface area contributed by atoms with Crippen LogP contribution in [0.2, 0.25) is 10.0 Å². The van der Waals surface area contributed by atoms with Gasteiger partial charge in [0.15, 0.2) is 5.78 Å². The van der Waals surface area contributed by atoms with Crippen LogP contribution in [-0.2, 0) is 0 Å². The molecule has 0 aliphatic rings.